The van der Waals surface area contributed by atoms with E-state index >= 15 is 0 Å². The van der Waals surface area contributed by atoms with Gasteiger partial charge in [0.1, 0.15) is 5.82 Å². The van der Waals surface area contributed by atoms with Crippen molar-refractivity contribution >= 4 is 11.5 Å². The monoisotopic (exact) mass is 205 g/mol. The zero-order valence-electron chi connectivity index (χ0n) is 9.32. The van der Waals surface area contributed by atoms with E-state index in [0.717, 1.165) is 12.6 Å². The predicted octanol–water partition coefficient (Wildman–Crippen LogP) is 2.43. The Labute approximate surface area is 91.3 Å². The Balaban J connectivity index is 2.09. The molecule has 0 atom stereocenters. The molecule has 0 unspecified atom stereocenters. The molecule has 0 radical (unpaired) electrons. The van der Waals surface area contributed by atoms with Crippen LogP contribution in [-0.2, 0) is 0 Å². The number of hydrogen-bond donors (Lipinski definition) is 1. The normalized spacial score (nSPS) is 15.3. The van der Waals surface area contributed by atoms with Gasteiger partial charge in [-0.1, -0.05) is 13.3 Å². The second-order valence-corrected chi connectivity index (χ2v) is 4.22. The van der Waals surface area contributed by atoms with Crippen LogP contribution in [0.3, 0.4) is 0 Å². The minimum absolute atomic E-state index is 0.620. The molecular formula is C12H19N3. The highest BCUT2D eigenvalue weighted by molar-refractivity contribution is 5.53. The summed E-state index contributed by atoms with van der Waals surface area (Å²) in [5, 5.41) is 0. The number of aromatic nitrogens is 1. The number of nitrogen functional groups attached to an aromatic ring is 1. The molecule has 0 aliphatic heterocycles. The fourth-order valence-electron chi connectivity index (χ4n) is 1.85. The maximum absolute atomic E-state index is 5.71. The van der Waals surface area contributed by atoms with Crippen molar-refractivity contribution in [1.29, 1.82) is 0 Å². The van der Waals surface area contributed by atoms with Gasteiger partial charge in [-0.2, -0.15) is 0 Å². The molecule has 0 saturated heterocycles. The van der Waals surface area contributed by atoms with Crippen molar-refractivity contribution in [3.8, 4) is 0 Å². The van der Waals surface area contributed by atoms with Gasteiger partial charge in [-0.25, -0.2) is 4.98 Å². The topological polar surface area (TPSA) is 42.2 Å². The Morgan fingerprint density at radius 1 is 1.53 bits per heavy atom. The van der Waals surface area contributed by atoms with Crippen LogP contribution in [0.1, 0.15) is 32.6 Å². The minimum Gasteiger partial charge on any atom is -0.384 e. The van der Waals surface area contributed by atoms with Gasteiger partial charge in [0, 0.05) is 30.5 Å². The highest BCUT2D eigenvalue weighted by atomic mass is 15.2. The van der Waals surface area contributed by atoms with E-state index in [1.54, 1.807) is 6.20 Å². The van der Waals surface area contributed by atoms with Gasteiger partial charge < -0.3 is 10.6 Å². The first kappa shape index (κ1) is 10.3. The Morgan fingerprint density at radius 2 is 2.33 bits per heavy atom. The summed E-state index contributed by atoms with van der Waals surface area (Å²) in [5.41, 5.74) is 6.94. The van der Waals surface area contributed by atoms with E-state index in [2.05, 4.69) is 22.9 Å². The molecule has 0 amide bonds. The Kier molecular flexibility index (Phi) is 3.09. The first-order chi connectivity index (χ1) is 7.31. The van der Waals surface area contributed by atoms with Crippen molar-refractivity contribution in [3.63, 3.8) is 0 Å². The molecule has 0 bridgehead atoms. The predicted molar refractivity (Wildman–Crippen MR) is 63.9 cm³/mol. The maximum atomic E-state index is 5.71. The van der Waals surface area contributed by atoms with Crippen LogP contribution in [0.5, 0.6) is 0 Å². The molecule has 0 spiro atoms. The number of anilines is 2. The van der Waals surface area contributed by atoms with Crippen LogP contribution in [0.2, 0.25) is 0 Å². The van der Waals surface area contributed by atoms with Crippen molar-refractivity contribution in [3.05, 3.63) is 18.3 Å². The van der Waals surface area contributed by atoms with E-state index in [0.29, 0.717) is 5.82 Å². The minimum atomic E-state index is 0.620. The summed E-state index contributed by atoms with van der Waals surface area (Å²) in [5.74, 6) is 0.620. The van der Waals surface area contributed by atoms with E-state index in [1.807, 2.05) is 6.07 Å². The number of nitrogens with zero attached hydrogens (tertiary/aromatic N) is 2. The maximum Gasteiger partial charge on any atom is 0.125 e. The van der Waals surface area contributed by atoms with Crippen LogP contribution in [0.15, 0.2) is 18.3 Å². The molecule has 1 saturated carbocycles. The standard InChI is InChI=1S/C12H19N3/c1-2-3-8-15(10-4-5-10)11-6-7-14-12(13)9-11/h6-7,9-10H,2-5,8H2,1H3,(H2,13,14). The lowest BCUT2D eigenvalue weighted by Crippen LogP contribution is -2.26. The lowest BCUT2D eigenvalue weighted by atomic mass is 10.2. The fraction of sp³-hybridized carbons (Fsp3) is 0.583. The van der Waals surface area contributed by atoms with Gasteiger partial charge in [0.25, 0.3) is 0 Å². The third kappa shape index (κ3) is 2.61. The van der Waals surface area contributed by atoms with Gasteiger partial charge in [0.15, 0.2) is 0 Å². The SMILES string of the molecule is CCCCN(c1ccnc(N)c1)C1CC1. The molecule has 15 heavy (non-hydrogen) atoms. The molecule has 2 N–H and O–H groups in total. The van der Waals surface area contributed by atoms with E-state index in [-0.39, 0.29) is 0 Å². The number of pyridine rings is 1. The third-order valence-corrected chi connectivity index (χ3v) is 2.84. The summed E-state index contributed by atoms with van der Waals surface area (Å²) < 4.78 is 0. The highest BCUT2D eigenvalue weighted by Gasteiger charge is 2.28. The molecule has 0 aromatic carbocycles. The van der Waals surface area contributed by atoms with Gasteiger partial charge in [-0.05, 0) is 25.3 Å². The van der Waals surface area contributed by atoms with Crippen LogP contribution >= 0.6 is 0 Å². The van der Waals surface area contributed by atoms with Gasteiger partial charge in [-0.3, -0.25) is 0 Å². The average molecular weight is 205 g/mol. The van der Waals surface area contributed by atoms with Gasteiger partial charge in [0.2, 0.25) is 0 Å². The summed E-state index contributed by atoms with van der Waals surface area (Å²) in [6, 6.07) is 4.79. The van der Waals surface area contributed by atoms with Crippen molar-refractivity contribution in [2.45, 2.75) is 38.6 Å². The summed E-state index contributed by atoms with van der Waals surface area (Å²) in [6.07, 6.45) is 6.94. The van der Waals surface area contributed by atoms with Crippen LogP contribution < -0.4 is 10.6 Å². The molecule has 1 aromatic heterocycles. The summed E-state index contributed by atoms with van der Waals surface area (Å²) in [7, 11) is 0. The molecule has 2 rings (SSSR count). The van der Waals surface area contributed by atoms with Crippen LogP contribution in [0, 0.1) is 0 Å². The van der Waals surface area contributed by atoms with Crippen molar-refractivity contribution in [2.75, 3.05) is 17.2 Å². The van der Waals surface area contributed by atoms with Gasteiger partial charge >= 0.3 is 0 Å². The number of nitrogens with two attached hydrogens (primary N) is 1. The van der Waals surface area contributed by atoms with Crippen LogP contribution in [0.25, 0.3) is 0 Å². The van der Waals surface area contributed by atoms with Gasteiger partial charge in [-0.15, -0.1) is 0 Å². The number of hydrogen-bond acceptors (Lipinski definition) is 3. The molecule has 1 aromatic rings. The molecule has 3 heteroatoms. The lowest BCUT2D eigenvalue weighted by Gasteiger charge is -2.24. The quantitative estimate of drug-likeness (QED) is 0.802. The Morgan fingerprint density at radius 3 is 2.93 bits per heavy atom. The highest BCUT2D eigenvalue weighted by Crippen LogP contribution is 2.32. The fourth-order valence-corrected chi connectivity index (χ4v) is 1.85. The van der Waals surface area contributed by atoms with Crippen molar-refractivity contribution in [1.82, 2.24) is 4.98 Å². The van der Waals surface area contributed by atoms with Crippen molar-refractivity contribution in [2.24, 2.45) is 0 Å². The van der Waals surface area contributed by atoms with E-state index in [1.165, 1.54) is 31.4 Å². The molecular weight excluding hydrogens is 186 g/mol. The second-order valence-electron chi connectivity index (χ2n) is 4.22. The summed E-state index contributed by atoms with van der Waals surface area (Å²) in [6.45, 7) is 3.37. The van der Waals surface area contributed by atoms with E-state index < -0.39 is 0 Å². The van der Waals surface area contributed by atoms with Crippen LogP contribution in [0.4, 0.5) is 11.5 Å². The van der Waals surface area contributed by atoms with Crippen molar-refractivity contribution < 1.29 is 0 Å². The average Bonchev–Trinajstić information content (AvgIpc) is 3.03. The second kappa shape index (κ2) is 4.51. The zero-order chi connectivity index (χ0) is 10.7. The molecule has 3 nitrogen and oxygen atoms in total. The van der Waals surface area contributed by atoms with E-state index in [9.17, 15) is 0 Å². The molecule has 1 fully saturated rings. The number of rotatable bonds is 5. The lowest BCUT2D eigenvalue weighted by molar-refractivity contribution is 0.713. The first-order valence-corrected chi connectivity index (χ1v) is 5.79. The van der Waals surface area contributed by atoms with Crippen LogP contribution in [-0.4, -0.2) is 17.6 Å². The largest absolute Gasteiger partial charge is 0.384 e. The van der Waals surface area contributed by atoms with E-state index in [4.69, 9.17) is 5.73 Å². The number of unbranched alkanes of at least 4 members (excludes halogenated alkanes) is 1. The third-order valence-electron chi connectivity index (χ3n) is 2.84. The zero-order valence-corrected chi connectivity index (χ0v) is 9.32. The summed E-state index contributed by atoms with van der Waals surface area (Å²) >= 11 is 0. The molecule has 1 heterocycles. The molecule has 1 aliphatic rings. The first-order valence-electron chi connectivity index (χ1n) is 5.79. The molecule has 82 valence electrons. The smallest absolute Gasteiger partial charge is 0.125 e. The Hall–Kier alpha value is -1.25. The summed E-state index contributed by atoms with van der Waals surface area (Å²) in [4.78, 5) is 6.51. The van der Waals surface area contributed by atoms with Gasteiger partial charge in [0.05, 0.1) is 0 Å². The Bertz CT molecular complexity index is 320. The molecule has 1 aliphatic carbocycles.